The summed E-state index contributed by atoms with van der Waals surface area (Å²) in [6, 6.07) is 32.1. The number of aryl methyl sites for hydroxylation is 2. The molecule has 0 atom stereocenters. The first-order valence-electron chi connectivity index (χ1n) is 12.8. The molecule has 5 aromatic carbocycles. The summed E-state index contributed by atoms with van der Waals surface area (Å²) in [6.07, 6.45) is 3.55. The summed E-state index contributed by atoms with van der Waals surface area (Å²) in [7, 11) is 0. The molecule has 2 aliphatic rings. The first-order chi connectivity index (χ1) is 18.7. The average molecular weight is 490 g/mol. The van der Waals surface area contributed by atoms with Gasteiger partial charge >= 0.3 is 0 Å². The van der Waals surface area contributed by atoms with E-state index in [1.807, 2.05) is 24.3 Å². The fourth-order valence-corrected chi connectivity index (χ4v) is 6.06. The second-order valence-corrected chi connectivity index (χ2v) is 9.97. The number of fused-ring (bicyclic) bond motifs is 5. The van der Waals surface area contributed by atoms with Crippen LogP contribution >= 0.6 is 0 Å². The van der Waals surface area contributed by atoms with Gasteiger partial charge in [0.1, 0.15) is 0 Å². The van der Waals surface area contributed by atoms with E-state index in [4.69, 9.17) is 4.74 Å². The number of anilines is 3. The molecule has 38 heavy (non-hydrogen) atoms. The van der Waals surface area contributed by atoms with Crippen LogP contribution in [-0.4, -0.2) is 9.97 Å². The maximum absolute atomic E-state index is 6.24. The van der Waals surface area contributed by atoms with Crippen molar-refractivity contribution >= 4 is 27.8 Å². The summed E-state index contributed by atoms with van der Waals surface area (Å²) in [4.78, 5) is 11.6. The van der Waals surface area contributed by atoms with Crippen LogP contribution < -0.4 is 9.64 Å². The van der Waals surface area contributed by atoms with Crippen LogP contribution in [0.3, 0.4) is 0 Å². The third kappa shape index (κ3) is 2.86. The van der Waals surface area contributed by atoms with Crippen molar-refractivity contribution in [3.8, 4) is 45.1 Å². The van der Waals surface area contributed by atoms with Gasteiger partial charge in [-0.05, 0) is 77.9 Å². The molecule has 0 amide bonds. The lowest BCUT2D eigenvalue weighted by Gasteiger charge is -2.34. The molecule has 2 heterocycles. The van der Waals surface area contributed by atoms with Crippen molar-refractivity contribution in [2.75, 3.05) is 4.90 Å². The highest BCUT2D eigenvalue weighted by Gasteiger charge is 2.28. The van der Waals surface area contributed by atoms with Gasteiger partial charge in [0.2, 0.25) is 0 Å². The summed E-state index contributed by atoms with van der Waals surface area (Å²) in [5.74, 6) is 1.73. The zero-order valence-corrected chi connectivity index (χ0v) is 21.1. The predicted octanol–water partition coefficient (Wildman–Crippen LogP) is 9.14. The number of hydrogen-bond donors (Lipinski definition) is 0. The van der Waals surface area contributed by atoms with Crippen LogP contribution in [0.15, 0.2) is 103 Å². The smallest absolute Gasteiger partial charge is 0.151 e. The third-order valence-corrected chi connectivity index (χ3v) is 7.76. The van der Waals surface area contributed by atoms with Gasteiger partial charge < -0.3 is 9.64 Å². The molecule has 0 saturated heterocycles. The van der Waals surface area contributed by atoms with Gasteiger partial charge in [0, 0.05) is 34.6 Å². The maximum atomic E-state index is 6.24. The van der Waals surface area contributed by atoms with E-state index < -0.39 is 0 Å². The van der Waals surface area contributed by atoms with E-state index in [1.165, 1.54) is 33.0 Å². The predicted molar refractivity (Wildman–Crippen MR) is 154 cm³/mol. The van der Waals surface area contributed by atoms with Crippen molar-refractivity contribution in [3.63, 3.8) is 0 Å². The molecular weight excluding hydrogens is 466 g/mol. The highest BCUT2D eigenvalue weighted by Crippen LogP contribution is 2.52. The molecule has 1 aromatic heterocycles. The number of rotatable bonds is 2. The standard InChI is InChI=1S/C34H23N3O/c1-20-19-29(37-27-10-3-5-12-30(27)38-31-13-6-4-11-28(31)37)21(2)18-26(20)22-14-15-25-32-23(22)8-7-9-24(32)33-34(25)36-17-16-35-33/h3-19H,1-2H3. The molecule has 8 rings (SSSR count). The van der Waals surface area contributed by atoms with Crippen molar-refractivity contribution in [3.05, 3.63) is 115 Å². The van der Waals surface area contributed by atoms with Crippen molar-refractivity contribution in [1.29, 1.82) is 0 Å². The molecule has 0 fully saturated rings. The van der Waals surface area contributed by atoms with Gasteiger partial charge in [-0.15, -0.1) is 0 Å². The second-order valence-electron chi connectivity index (χ2n) is 9.97. The first-order valence-corrected chi connectivity index (χ1v) is 12.8. The number of nitrogens with zero attached hydrogens (tertiary/aromatic N) is 3. The quantitative estimate of drug-likeness (QED) is 0.243. The fraction of sp³-hybridized carbons (Fsp3) is 0.0588. The highest BCUT2D eigenvalue weighted by molar-refractivity contribution is 6.17. The molecule has 1 aliphatic carbocycles. The molecule has 1 aliphatic heterocycles. The van der Waals surface area contributed by atoms with Crippen LogP contribution in [0.1, 0.15) is 11.1 Å². The van der Waals surface area contributed by atoms with E-state index in [0.717, 1.165) is 51.1 Å². The molecule has 0 spiro atoms. The van der Waals surface area contributed by atoms with E-state index >= 15 is 0 Å². The molecule has 6 aromatic rings. The normalized spacial score (nSPS) is 12.6. The third-order valence-electron chi connectivity index (χ3n) is 7.76. The van der Waals surface area contributed by atoms with E-state index in [0.29, 0.717) is 0 Å². The maximum Gasteiger partial charge on any atom is 0.151 e. The Morgan fingerprint density at radius 3 is 1.89 bits per heavy atom. The van der Waals surface area contributed by atoms with Crippen molar-refractivity contribution in [2.24, 2.45) is 0 Å². The van der Waals surface area contributed by atoms with Gasteiger partial charge in [0.05, 0.1) is 22.8 Å². The van der Waals surface area contributed by atoms with Gasteiger partial charge in [0.15, 0.2) is 11.5 Å². The molecule has 0 radical (unpaired) electrons. The molecule has 180 valence electrons. The van der Waals surface area contributed by atoms with Gasteiger partial charge in [-0.1, -0.05) is 54.6 Å². The molecular formula is C34H23N3O. The summed E-state index contributed by atoms with van der Waals surface area (Å²) in [6.45, 7) is 4.40. The molecule has 4 nitrogen and oxygen atoms in total. The number of hydrogen-bond acceptors (Lipinski definition) is 4. The largest absolute Gasteiger partial charge is 0.453 e. The van der Waals surface area contributed by atoms with Crippen molar-refractivity contribution < 1.29 is 4.74 Å². The fourth-order valence-electron chi connectivity index (χ4n) is 6.06. The topological polar surface area (TPSA) is 38.2 Å². The Labute approximate surface area is 220 Å². The van der Waals surface area contributed by atoms with Crippen LogP contribution in [-0.2, 0) is 0 Å². The Kier molecular flexibility index (Phi) is 4.32. The molecule has 4 heteroatoms. The minimum absolute atomic E-state index is 0.863. The molecule has 0 unspecified atom stereocenters. The lowest BCUT2D eigenvalue weighted by atomic mass is 9.91. The molecule has 0 bridgehead atoms. The van der Waals surface area contributed by atoms with Crippen LogP contribution in [0.25, 0.3) is 44.4 Å². The van der Waals surface area contributed by atoms with Gasteiger partial charge in [-0.2, -0.15) is 0 Å². The monoisotopic (exact) mass is 489 g/mol. The van der Waals surface area contributed by atoms with Crippen molar-refractivity contribution in [1.82, 2.24) is 9.97 Å². The van der Waals surface area contributed by atoms with Crippen LogP contribution in [0.4, 0.5) is 17.1 Å². The zero-order valence-electron chi connectivity index (χ0n) is 21.1. The minimum Gasteiger partial charge on any atom is -0.453 e. The van der Waals surface area contributed by atoms with Crippen LogP contribution in [0.2, 0.25) is 0 Å². The first kappa shape index (κ1) is 21.2. The summed E-state index contributed by atoms with van der Waals surface area (Å²) >= 11 is 0. The minimum atomic E-state index is 0.863. The zero-order chi connectivity index (χ0) is 25.4. The van der Waals surface area contributed by atoms with E-state index in [1.54, 1.807) is 12.4 Å². The second kappa shape index (κ2) is 7.77. The average Bonchev–Trinajstić information content (AvgIpc) is 3.28. The Bertz CT molecular complexity index is 1870. The van der Waals surface area contributed by atoms with E-state index in [2.05, 4.69) is 95.4 Å². The lowest BCUT2D eigenvalue weighted by molar-refractivity contribution is 0.477. The van der Waals surface area contributed by atoms with Crippen LogP contribution in [0, 0.1) is 13.8 Å². The van der Waals surface area contributed by atoms with E-state index in [-0.39, 0.29) is 0 Å². The van der Waals surface area contributed by atoms with Crippen LogP contribution in [0.5, 0.6) is 11.5 Å². The molecule has 0 N–H and O–H groups in total. The Hall–Kier alpha value is -4.96. The Morgan fingerprint density at radius 2 is 1.18 bits per heavy atom. The number of ether oxygens (including phenoxy) is 1. The summed E-state index contributed by atoms with van der Waals surface area (Å²) < 4.78 is 6.24. The highest BCUT2D eigenvalue weighted by atomic mass is 16.5. The van der Waals surface area contributed by atoms with Crippen molar-refractivity contribution in [2.45, 2.75) is 13.8 Å². The molecule has 0 saturated carbocycles. The number of benzene rings is 5. The van der Waals surface area contributed by atoms with E-state index in [9.17, 15) is 0 Å². The Balaban J connectivity index is 1.32. The summed E-state index contributed by atoms with van der Waals surface area (Å²) in [5.41, 5.74) is 12.4. The summed E-state index contributed by atoms with van der Waals surface area (Å²) in [5, 5.41) is 2.47. The number of para-hydroxylation sites is 4. The van der Waals surface area contributed by atoms with Gasteiger partial charge in [-0.3, -0.25) is 9.97 Å². The van der Waals surface area contributed by atoms with Gasteiger partial charge in [0.25, 0.3) is 0 Å². The van der Waals surface area contributed by atoms with Gasteiger partial charge in [-0.25, -0.2) is 0 Å². The SMILES string of the molecule is Cc1cc(N2c3ccccc3Oc3ccccc32)c(C)cc1-c1ccc2c3c(cccc13)-c1nccnc1-2. The Morgan fingerprint density at radius 1 is 0.553 bits per heavy atom. The lowest BCUT2D eigenvalue weighted by Crippen LogP contribution is -2.16. The number of aromatic nitrogens is 2.